The van der Waals surface area contributed by atoms with E-state index in [9.17, 15) is 0 Å². The third kappa shape index (κ3) is 4.55. The van der Waals surface area contributed by atoms with Gasteiger partial charge in [0.25, 0.3) is 0 Å². The summed E-state index contributed by atoms with van der Waals surface area (Å²) in [7, 11) is 0. The number of hydrogen-bond acceptors (Lipinski definition) is 1. The highest BCUT2D eigenvalue weighted by Gasteiger charge is 2.16. The molecule has 0 amide bonds. The molecule has 1 aromatic heterocycles. The van der Waals surface area contributed by atoms with Crippen LogP contribution in [-0.4, -0.2) is 4.57 Å². The van der Waals surface area contributed by atoms with Crippen molar-refractivity contribution in [1.82, 2.24) is 4.57 Å². The summed E-state index contributed by atoms with van der Waals surface area (Å²) in [6, 6.07) is 50.5. The molecule has 6 aromatic carbocycles. The molecule has 204 valence electrons. The van der Waals surface area contributed by atoms with E-state index in [1.54, 1.807) is 0 Å². The number of hydrogen-bond donors (Lipinski definition) is 0. The number of aryl methyl sites for hydroxylation is 3. The third-order valence-corrected chi connectivity index (χ3v) is 8.50. The second-order valence-corrected chi connectivity index (χ2v) is 11.2. The Kier molecular flexibility index (Phi) is 6.60. The molecule has 0 saturated heterocycles. The smallest absolute Gasteiger partial charge is 0.0541 e. The fourth-order valence-corrected chi connectivity index (χ4v) is 6.26. The zero-order valence-corrected chi connectivity index (χ0v) is 24.4. The van der Waals surface area contributed by atoms with E-state index >= 15 is 0 Å². The maximum atomic E-state index is 2.39. The van der Waals surface area contributed by atoms with E-state index in [1.807, 2.05) is 0 Å². The van der Waals surface area contributed by atoms with Crippen molar-refractivity contribution in [3.05, 3.63) is 167 Å². The van der Waals surface area contributed by atoms with Crippen molar-refractivity contribution in [3.63, 3.8) is 0 Å². The van der Waals surface area contributed by atoms with E-state index in [2.05, 4.69) is 170 Å². The predicted molar refractivity (Wildman–Crippen MR) is 179 cm³/mol. The standard InChI is InChI=1S/C40H34N2/c1-28-13-7-10-18-38(28)41(33-14-5-4-6-15-33)34-23-21-31(29(2)25-34)27-32-22-24-35(26-30(32)3)42-39-19-11-8-16-36(39)37-17-9-12-20-40(37)42/h4-26H,27H2,1-3H3. The van der Waals surface area contributed by atoms with Gasteiger partial charge in [0.1, 0.15) is 0 Å². The Hall–Kier alpha value is -5.08. The molecule has 0 aliphatic carbocycles. The van der Waals surface area contributed by atoms with Crippen LogP contribution in [0, 0.1) is 20.8 Å². The van der Waals surface area contributed by atoms with Crippen molar-refractivity contribution in [3.8, 4) is 5.69 Å². The van der Waals surface area contributed by atoms with Gasteiger partial charge in [-0.2, -0.15) is 0 Å². The quantitative estimate of drug-likeness (QED) is 0.203. The summed E-state index contributed by atoms with van der Waals surface area (Å²) in [4.78, 5) is 2.36. The summed E-state index contributed by atoms with van der Waals surface area (Å²) in [6.07, 6.45) is 0.904. The summed E-state index contributed by atoms with van der Waals surface area (Å²) in [5, 5.41) is 2.58. The maximum Gasteiger partial charge on any atom is 0.0541 e. The molecular weight excluding hydrogens is 508 g/mol. The normalized spacial score (nSPS) is 11.3. The minimum Gasteiger partial charge on any atom is -0.310 e. The summed E-state index contributed by atoms with van der Waals surface area (Å²) in [6.45, 7) is 6.66. The van der Waals surface area contributed by atoms with Gasteiger partial charge in [0.05, 0.1) is 11.0 Å². The molecule has 2 nitrogen and oxygen atoms in total. The molecule has 7 rings (SSSR count). The zero-order chi connectivity index (χ0) is 28.6. The number of nitrogens with zero attached hydrogens (tertiary/aromatic N) is 2. The second-order valence-electron chi connectivity index (χ2n) is 11.2. The number of rotatable bonds is 6. The van der Waals surface area contributed by atoms with E-state index in [4.69, 9.17) is 0 Å². The first-order valence-electron chi connectivity index (χ1n) is 14.7. The second kappa shape index (κ2) is 10.7. The first kappa shape index (κ1) is 25.9. The molecule has 0 aliphatic heterocycles. The molecule has 7 aromatic rings. The van der Waals surface area contributed by atoms with E-state index in [-0.39, 0.29) is 0 Å². The maximum absolute atomic E-state index is 2.39. The van der Waals surface area contributed by atoms with Crippen molar-refractivity contribution in [2.45, 2.75) is 27.2 Å². The summed E-state index contributed by atoms with van der Waals surface area (Å²) in [5.74, 6) is 0. The van der Waals surface area contributed by atoms with Crippen molar-refractivity contribution < 1.29 is 0 Å². The number of anilines is 3. The average Bonchev–Trinajstić information content (AvgIpc) is 3.35. The molecular formula is C40H34N2. The van der Waals surface area contributed by atoms with Crippen molar-refractivity contribution in [2.75, 3.05) is 4.90 Å². The van der Waals surface area contributed by atoms with Gasteiger partial charge in [-0.3, -0.25) is 0 Å². The Morgan fingerprint density at radius 3 is 1.69 bits per heavy atom. The molecule has 0 N–H and O–H groups in total. The van der Waals surface area contributed by atoms with E-state index in [0.717, 1.165) is 12.1 Å². The molecule has 0 bridgehead atoms. The lowest BCUT2D eigenvalue weighted by molar-refractivity contribution is 1.10. The summed E-state index contributed by atoms with van der Waals surface area (Å²) in [5.41, 5.74) is 13.8. The average molecular weight is 543 g/mol. The monoisotopic (exact) mass is 542 g/mol. The first-order chi connectivity index (χ1) is 20.6. The SMILES string of the molecule is Cc1cc(N(c2ccccc2)c2ccccc2C)ccc1Cc1ccc(-n2c3ccccc3c3ccccc32)cc1C. The Balaban J connectivity index is 1.23. The summed E-state index contributed by atoms with van der Waals surface area (Å²) < 4.78 is 2.39. The third-order valence-electron chi connectivity index (χ3n) is 8.50. The number of benzene rings is 6. The van der Waals surface area contributed by atoms with Gasteiger partial charge in [-0.05, 0) is 110 Å². The highest BCUT2D eigenvalue weighted by Crippen LogP contribution is 2.37. The van der Waals surface area contributed by atoms with Crippen LogP contribution < -0.4 is 4.90 Å². The van der Waals surface area contributed by atoms with Crippen molar-refractivity contribution >= 4 is 38.9 Å². The van der Waals surface area contributed by atoms with Gasteiger partial charge >= 0.3 is 0 Å². The van der Waals surface area contributed by atoms with Gasteiger partial charge in [-0.15, -0.1) is 0 Å². The van der Waals surface area contributed by atoms with E-state index < -0.39 is 0 Å². The van der Waals surface area contributed by atoms with Crippen LogP contribution >= 0.6 is 0 Å². The van der Waals surface area contributed by atoms with Crippen LogP contribution in [0.4, 0.5) is 17.1 Å². The molecule has 2 heteroatoms. The van der Waals surface area contributed by atoms with Gasteiger partial charge in [-0.25, -0.2) is 0 Å². The van der Waals surface area contributed by atoms with Crippen molar-refractivity contribution in [2.24, 2.45) is 0 Å². The number of para-hydroxylation sites is 4. The fraction of sp³-hybridized carbons (Fsp3) is 0.100. The molecule has 0 saturated carbocycles. The zero-order valence-electron chi connectivity index (χ0n) is 24.4. The molecule has 0 aliphatic rings. The summed E-state index contributed by atoms with van der Waals surface area (Å²) >= 11 is 0. The molecule has 42 heavy (non-hydrogen) atoms. The van der Waals surface area contributed by atoms with Gasteiger partial charge in [0.15, 0.2) is 0 Å². The van der Waals surface area contributed by atoms with Gasteiger partial charge in [-0.1, -0.05) is 84.9 Å². The molecule has 1 heterocycles. The van der Waals surface area contributed by atoms with Crippen LogP contribution in [0.15, 0.2) is 140 Å². The lowest BCUT2D eigenvalue weighted by atomic mass is 9.96. The first-order valence-corrected chi connectivity index (χ1v) is 14.7. The van der Waals surface area contributed by atoms with Crippen LogP contribution in [0.25, 0.3) is 27.5 Å². The van der Waals surface area contributed by atoms with E-state index in [1.165, 1.54) is 66.7 Å². The minimum absolute atomic E-state index is 0.904. The Morgan fingerprint density at radius 2 is 1.05 bits per heavy atom. The Morgan fingerprint density at radius 1 is 0.476 bits per heavy atom. The molecule has 0 radical (unpaired) electrons. The topological polar surface area (TPSA) is 8.17 Å². The predicted octanol–water partition coefficient (Wildman–Crippen LogP) is 10.8. The molecule has 0 fully saturated rings. The van der Waals surface area contributed by atoms with Crippen LogP contribution in [0.2, 0.25) is 0 Å². The minimum atomic E-state index is 0.904. The van der Waals surface area contributed by atoms with Crippen LogP contribution in [0.1, 0.15) is 27.8 Å². The fourth-order valence-electron chi connectivity index (χ4n) is 6.26. The van der Waals surface area contributed by atoms with Crippen molar-refractivity contribution in [1.29, 1.82) is 0 Å². The van der Waals surface area contributed by atoms with Gasteiger partial charge in [0, 0.05) is 33.5 Å². The Labute approximate surface area is 248 Å². The van der Waals surface area contributed by atoms with Crippen LogP contribution in [-0.2, 0) is 6.42 Å². The Bertz CT molecular complexity index is 2000. The van der Waals surface area contributed by atoms with Gasteiger partial charge in [0.2, 0.25) is 0 Å². The molecule has 0 spiro atoms. The van der Waals surface area contributed by atoms with Crippen LogP contribution in [0.3, 0.4) is 0 Å². The van der Waals surface area contributed by atoms with E-state index in [0.29, 0.717) is 0 Å². The number of fused-ring (bicyclic) bond motifs is 3. The van der Waals surface area contributed by atoms with Gasteiger partial charge < -0.3 is 9.47 Å². The molecule has 0 unspecified atom stereocenters. The highest BCUT2D eigenvalue weighted by atomic mass is 15.1. The largest absolute Gasteiger partial charge is 0.310 e. The van der Waals surface area contributed by atoms with Crippen LogP contribution in [0.5, 0.6) is 0 Å². The number of aromatic nitrogens is 1. The lowest BCUT2D eigenvalue weighted by Gasteiger charge is -2.27. The highest BCUT2D eigenvalue weighted by molar-refractivity contribution is 6.09. The lowest BCUT2D eigenvalue weighted by Crippen LogP contribution is -2.11. The molecule has 0 atom stereocenters.